The predicted octanol–water partition coefficient (Wildman–Crippen LogP) is 3.50. The highest BCUT2D eigenvalue weighted by Gasteiger charge is 2.34. The van der Waals surface area contributed by atoms with Crippen LogP contribution in [0.15, 0.2) is 36.7 Å². The van der Waals surface area contributed by atoms with E-state index in [0.29, 0.717) is 17.3 Å². The minimum atomic E-state index is -1.08. The predicted molar refractivity (Wildman–Crippen MR) is 77.2 cm³/mol. The van der Waals surface area contributed by atoms with E-state index in [1.54, 1.807) is 6.20 Å². The van der Waals surface area contributed by atoms with Crippen molar-refractivity contribution in [1.82, 2.24) is 9.55 Å². The van der Waals surface area contributed by atoms with Gasteiger partial charge in [-0.3, -0.25) is 0 Å². The summed E-state index contributed by atoms with van der Waals surface area (Å²) in [5, 5.41) is 11.8. The molecule has 0 aliphatic carbocycles. The third-order valence-corrected chi connectivity index (χ3v) is 3.62. The van der Waals surface area contributed by atoms with Gasteiger partial charge < -0.3 is 9.67 Å². The van der Waals surface area contributed by atoms with Crippen molar-refractivity contribution in [3.05, 3.63) is 53.1 Å². The average Bonchev–Trinajstić information content (AvgIpc) is 2.83. The summed E-state index contributed by atoms with van der Waals surface area (Å²) in [5.41, 5.74) is -0.290. The number of aryl methyl sites for hydroxylation is 1. The lowest BCUT2D eigenvalue weighted by molar-refractivity contribution is 0.0563. The number of hydrogen-bond acceptors (Lipinski definition) is 2. The maximum absolute atomic E-state index is 11.1. The number of aromatic nitrogens is 2. The first-order valence-electron chi connectivity index (χ1n) is 6.54. The van der Waals surface area contributed by atoms with Gasteiger partial charge in [0.25, 0.3) is 0 Å². The number of aliphatic hydroxyl groups is 1. The second-order valence-corrected chi connectivity index (χ2v) is 5.27. The topological polar surface area (TPSA) is 38.1 Å². The lowest BCUT2D eigenvalue weighted by atomic mass is 9.87. The first kappa shape index (κ1) is 14.1. The summed E-state index contributed by atoms with van der Waals surface area (Å²) in [6.45, 7) is 2.11. The highest BCUT2D eigenvalue weighted by atomic mass is 35.5. The number of hydrogen-bond donors (Lipinski definition) is 1. The van der Waals surface area contributed by atoms with Crippen molar-refractivity contribution in [2.45, 2.75) is 31.8 Å². The van der Waals surface area contributed by atoms with Gasteiger partial charge in [-0.1, -0.05) is 43.5 Å². The summed E-state index contributed by atoms with van der Waals surface area (Å²) in [6, 6.07) is 7.38. The Morgan fingerprint density at radius 3 is 2.79 bits per heavy atom. The maximum Gasteiger partial charge on any atom is 0.147 e. The second-order valence-electron chi connectivity index (χ2n) is 4.84. The smallest absolute Gasteiger partial charge is 0.147 e. The van der Waals surface area contributed by atoms with Gasteiger partial charge in [0.05, 0.1) is 0 Å². The van der Waals surface area contributed by atoms with E-state index in [1.807, 2.05) is 42.1 Å². The molecule has 0 amide bonds. The Kier molecular flexibility index (Phi) is 4.27. The third-order valence-electron chi connectivity index (χ3n) is 3.39. The van der Waals surface area contributed by atoms with Crippen LogP contribution in [0.2, 0.25) is 5.02 Å². The Labute approximate surface area is 118 Å². The fourth-order valence-electron chi connectivity index (χ4n) is 2.33. The highest BCUT2D eigenvalue weighted by Crippen LogP contribution is 2.34. The Morgan fingerprint density at radius 1 is 1.42 bits per heavy atom. The van der Waals surface area contributed by atoms with Gasteiger partial charge in [0.2, 0.25) is 0 Å². The number of nitrogens with zero attached hydrogens (tertiary/aromatic N) is 2. The van der Waals surface area contributed by atoms with Crippen LogP contribution in [0.1, 0.15) is 37.6 Å². The van der Waals surface area contributed by atoms with Crippen molar-refractivity contribution < 1.29 is 5.11 Å². The fourth-order valence-corrected chi connectivity index (χ4v) is 2.52. The minimum Gasteiger partial charge on any atom is -0.377 e. The summed E-state index contributed by atoms with van der Waals surface area (Å²) in [7, 11) is 1.89. The molecule has 2 rings (SSSR count). The Bertz CT molecular complexity index is 553. The lowest BCUT2D eigenvalue weighted by Crippen LogP contribution is -2.30. The van der Waals surface area contributed by atoms with E-state index in [9.17, 15) is 5.11 Å². The SMILES string of the molecule is CCCCC(O)(c1cccc(Cl)c1)c1nccn1C. The first-order valence-corrected chi connectivity index (χ1v) is 6.92. The van der Waals surface area contributed by atoms with Gasteiger partial charge in [-0.25, -0.2) is 4.98 Å². The van der Waals surface area contributed by atoms with E-state index in [4.69, 9.17) is 11.6 Å². The van der Waals surface area contributed by atoms with E-state index in [1.165, 1.54) is 0 Å². The standard InChI is InChI=1S/C15H19ClN2O/c1-3-4-8-15(19,14-17-9-10-18(14)2)12-6-5-7-13(16)11-12/h5-7,9-11,19H,3-4,8H2,1-2H3. The molecular formula is C15H19ClN2O. The molecule has 1 N–H and O–H groups in total. The van der Waals surface area contributed by atoms with Gasteiger partial charge in [-0.15, -0.1) is 0 Å². The van der Waals surface area contributed by atoms with Crippen molar-refractivity contribution in [2.75, 3.05) is 0 Å². The van der Waals surface area contributed by atoms with Crippen LogP contribution in [0.4, 0.5) is 0 Å². The van der Waals surface area contributed by atoms with Gasteiger partial charge in [-0.05, 0) is 24.1 Å². The summed E-state index contributed by atoms with van der Waals surface area (Å²) >= 11 is 6.05. The Hall–Kier alpha value is -1.32. The zero-order valence-corrected chi connectivity index (χ0v) is 12.1. The fraction of sp³-hybridized carbons (Fsp3) is 0.400. The van der Waals surface area contributed by atoms with E-state index < -0.39 is 5.60 Å². The molecule has 0 radical (unpaired) electrons. The molecule has 1 aromatic carbocycles. The van der Waals surface area contributed by atoms with E-state index in [0.717, 1.165) is 18.4 Å². The van der Waals surface area contributed by atoms with Gasteiger partial charge in [0.1, 0.15) is 11.4 Å². The molecule has 1 atom stereocenters. The van der Waals surface area contributed by atoms with Gasteiger partial charge >= 0.3 is 0 Å². The molecule has 4 heteroatoms. The molecule has 0 saturated heterocycles. The lowest BCUT2D eigenvalue weighted by Gasteiger charge is -2.28. The van der Waals surface area contributed by atoms with E-state index >= 15 is 0 Å². The molecule has 102 valence electrons. The zero-order chi connectivity index (χ0) is 13.9. The van der Waals surface area contributed by atoms with Crippen molar-refractivity contribution in [1.29, 1.82) is 0 Å². The number of benzene rings is 1. The molecule has 1 heterocycles. The van der Waals surface area contributed by atoms with Crippen LogP contribution in [-0.4, -0.2) is 14.7 Å². The number of halogens is 1. The largest absolute Gasteiger partial charge is 0.377 e. The number of imidazole rings is 1. The second kappa shape index (κ2) is 5.76. The Morgan fingerprint density at radius 2 is 2.21 bits per heavy atom. The number of rotatable bonds is 5. The van der Waals surface area contributed by atoms with Crippen molar-refractivity contribution in [2.24, 2.45) is 7.05 Å². The third kappa shape index (κ3) is 2.82. The van der Waals surface area contributed by atoms with E-state index in [-0.39, 0.29) is 0 Å². The Balaban J connectivity index is 2.48. The van der Waals surface area contributed by atoms with Crippen LogP contribution >= 0.6 is 11.6 Å². The van der Waals surface area contributed by atoms with E-state index in [2.05, 4.69) is 11.9 Å². The zero-order valence-electron chi connectivity index (χ0n) is 11.3. The summed E-state index contributed by atoms with van der Waals surface area (Å²) in [6.07, 6.45) is 6.13. The van der Waals surface area contributed by atoms with Gasteiger partial charge in [0, 0.05) is 24.5 Å². The molecule has 1 aromatic heterocycles. The molecule has 0 aliphatic heterocycles. The number of unbranched alkanes of at least 4 members (excludes halogenated alkanes) is 1. The van der Waals surface area contributed by atoms with Crippen LogP contribution in [0, 0.1) is 0 Å². The van der Waals surface area contributed by atoms with Gasteiger partial charge in [-0.2, -0.15) is 0 Å². The monoisotopic (exact) mass is 278 g/mol. The molecule has 0 fully saturated rings. The summed E-state index contributed by atoms with van der Waals surface area (Å²) in [5.74, 6) is 0.656. The highest BCUT2D eigenvalue weighted by molar-refractivity contribution is 6.30. The van der Waals surface area contributed by atoms with Crippen LogP contribution < -0.4 is 0 Å². The van der Waals surface area contributed by atoms with Crippen LogP contribution in [0.5, 0.6) is 0 Å². The molecule has 1 unspecified atom stereocenters. The molecule has 19 heavy (non-hydrogen) atoms. The average molecular weight is 279 g/mol. The first-order chi connectivity index (χ1) is 9.08. The quantitative estimate of drug-likeness (QED) is 0.909. The molecule has 0 saturated carbocycles. The van der Waals surface area contributed by atoms with Crippen LogP contribution in [-0.2, 0) is 12.6 Å². The minimum absolute atomic E-state index is 0.627. The molecule has 2 aromatic rings. The molecular weight excluding hydrogens is 260 g/mol. The molecule has 0 aliphatic rings. The molecule has 3 nitrogen and oxygen atoms in total. The summed E-state index contributed by atoms with van der Waals surface area (Å²) < 4.78 is 1.86. The van der Waals surface area contributed by atoms with Crippen molar-refractivity contribution in [3.8, 4) is 0 Å². The van der Waals surface area contributed by atoms with Crippen LogP contribution in [0.25, 0.3) is 0 Å². The summed E-state index contributed by atoms with van der Waals surface area (Å²) in [4.78, 5) is 4.32. The van der Waals surface area contributed by atoms with Crippen molar-refractivity contribution in [3.63, 3.8) is 0 Å². The maximum atomic E-state index is 11.1. The molecule has 0 bridgehead atoms. The van der Waals surface area contributed by atoms with Crippen LogP contribution in [0.3, 0.4) is 0 Å². The molecule has 0 spiro atoms. The normalized spacial score (nSPS) is 14.3. The van der Waals surface area contributed by atoms with Gasteiger partial charge in [0.15, 0.2) is 0 Å². The van der Waals surface area contributed by atoms with Crippen molar-refractivity contribution >= 4 is 11.6 Å².